The molecule has 1 fully saturated rings. The van der Waals surface area contributed by atoms with Gasteiger partial charge in [-0.1, -0.05) is 60.7 Å². The topological polar surface area (TPSA) is 32.7 Å². The highest BCUT2D eigenvalue weighted by Gasteiger charge is 2.33. The maximum atomic E-state index is 13.1. The number of nitrogens with zero attached hydrogens (tertiary/aromatic N) is 2. The molecule has 0 atom stereocenters. The highest BCUT2D eigenvalue weighted by molar-refractivity contribution is 8.18. The molecule has 0 aliphatic carbocycles. The Morgan fingerprint density at radius 3 is 2.29 bits per heavy atom. The highest BCUT2D eigenvalue weighted by Crippen LogP contribution is 2.35. The lowest BCUT2D eigenvalue weighted by molar-refractivity contribution is -0.122. The Balaban J connectivity index is 1.63. The maximum Gasteiger partial charge on any atom is 0.267 e. The largest absolute Gasteiger partial charge is 0.282 e. The second kappa shape index (κ2) is 8.59. The van der Waals surface area contributed by atoms with Crippen LogP contribution in [0.2, 0.25) is 0 Å². The first-order valence-electron chi connectivity index (χ1n) is 9.08. The zero-order valence-corrected chi connectivity index (χ0v) is 17.2. The van der Waals surface area contributed by atoms with Crippen molar-refractivity contribution in [3.8, 4) is 0 Å². The number of thioether (sulfide) groups is 1. The molecule has 3 nitrogen and oxygen atoms in total. The molecule has 1 aliphatic rings. The summed E-state index contributed by atoms with van der Waals surface area (Å²) in [5.74, 6) is 0.0217. The molecule has 1 saturated heterocycles. The monoisotopic (exact) mass is 404 g/mol. The summed E-state index contributed by atoms with van der Waals surface area (Å²) in [5, 5.41) is 2.82. The van der Waals surface area contributed by atoms with Crippen LogP contribution >= 0.6 is 23.1 Å². The smallest absolute Gasteiger partial charge is 0.267 e. The van der Waals surface area contributed by atoms with E-state index in [2.05, 4.69) is 30.5 Å². The van der Waals surface area contributed by atoms with Gasteiger partial charge >= 0.3 is 0 Å². The van der Waals surface area contributed by atoms with E-state index in [4.69, 9.17) is 4.99 Å². The van der Waals surface area contributed by atoms with Crippen molar-refractivity contribution < 1.29 is 4.79 Å². The Hall–Kier alpha value is -2.63. The van der Waals surface area contributed by atoms with Crippen molar-refractivity contribution in [1.82, 2.24) is 4.90 Å². The first kappa shape index (κ1) is 18.7. The fourth-order valence-corrected chi connectivity index (χ4v) is 4.82. The van der Waals surface area contributed by atoms with Gasteiger partial charge in [-0.3, -0.25) is 14.7 Å². The lowest BCUT2D eigenvalue weighted by Crippen LogP contribution is -2.28. The van der Waals surface area contributed by atoms with Crippen molar-refractivity contribution in [3.05, 3.63) is 98.6 Å². The fourth-order valence-electron chi connectivity index (χ4n) is 2.92. The number of amides is 1. The molecule has 2 aromatic carbocycles. The molecule has 5 heteroatoms. The zero-order chi connectivity index (χ0) is 19.3. The summed E-state index contributed by atoms with van der Waals surface area (Å²) < 4.78 is 0. The summed E-state index contributed by atoms with van der Waals surface area (Å²) in [6.07, 6.45) is 2.00. The van der Waals surface area contributed by atoms with Gasteiger partial charge in [0.2, 0.25) is 0 Å². The van der Waals surface area contributed by atoms with Crippen LogP contribution in [0, 0.1) is 6.92 Å². The third-order valence-electron chi connectivity index (χ3n) is 4.48. The van der Waals surface area contributed by atoms with E-state index < -0.39 is 0 Å². The third kappa shape index (κ3) is 4.26. The quantitative estimate of drug-likeness (QED) is 0.509. The molecule has 0 spiro atoms. The van der Waals surface area contributed by atoms with Gasteiger partial charge in [0.1, 0.15) is 0 Å². The highest BCUT2D eigenvalue weighted by atomic mass is 32.2. The number of amidine groups is 1. The predicted octanol–water partition coefficient (Wildman–Crippen LogP) is 5.73. The van der Waals surface area contributed by atoms with Gasteiger partial charge < -0.3 is 0 Å². The van der Waals surface area contributed by atoms with Gasteiger partial charge in [-0.2, -0.15) is 0 Å². The van der Waals surface area contributed by atoms with Gasteiger partial charge in [0, 0.05) is 4.88 Å². The molecule has 1 aliphatic heterocycles. The summed E-state index contributed by atoms with van der Waals surface area (Å²) in [6, 6.07) is 22.3. The Morgan fingerprint density at radius 1 is 0.964 bits per heavy atom. The molecule has 0 bridgehead atoms. The third-order valence-corrected chi connectivity index (χ3v) is 6.49. The van der Waals surface area contributed by atoms with Crippen LogP contribution in [0.15, 0.2) is 82.0 Å². The van der Waals surface area contributed by atoms with Crippen LogP contribution in [0.5, 0.6) is 0 Å². The van der Waals surface area contributed by atoms with Crippen molar-refractivity contribution in [2.75, 3.05) is 0 Å². The Labute approximate surface area is 173 Å². The standard InChI is InChI=1S/C23H20N2OS2/c1-17-12-13-27-20(17)14-21-22(26)25(16-19-10-6-3-7-11-19)23(28-21)24-15-18-8-4-2-5-9-18/h2-14H,15-16H2,1H3/b21-14-,24-23?. The molecule has 28 heavy (non-hydrogen) atoms. The SMILES string of the molecule is Cc1ccsc1/C=C1\SC(=NCc2ccccc2)N(Cc2ccccc2)C1=O. The van der Waals surface area contributed by atoms with E-state index in [0.29, 0.717) is 13.1 Å². The zero-order valence-electron chi connectivity index (χ0n) is 15.5. The van der Waals surface area contributed by atoms with Crippen LogP contribution in [-0.4, -0.2) is 16.0 Å². The molecule has 0 unspecified atom stereocenters. The first-order valence-corrected chi connectivity index (χ1v) is 10.8. The van der Waals surface area contributed by atoms with Gasteiger partial charge in [-0.15, -0.1) is 11.3 Å². The van der Waals surface area contributed by atoms with Crippen molar-refractivity contribution in [1.29, 1.82) is 0 Å². The number of carbonyl (C=O) groups excluding carboxylic acids is 1. The second-order valence-electron chi connectivity index (χ2n) is 6.54. The van der Waals surface area contributed by atoms with Crippen LogP contribution < -0.4 is 0 Å². The van der Waals surface area contributed by atoms with Crippen LogP contribution in [0.3, 0.4) is 0 Å². The van der Waals surface area contributed by atoms with Crippen LogP contribution in [-0.2, 0) is 17.9 Å². The van der Waals surface area contributed by atoms with Gasteiger partial charge in [0.25, 0.3) is 5.91 Å². The summed E-state index contributed by atoms with van der Waals surface area (Å²) >= 11 is 3.12. The minimum atomic E-state index is 0.0217. The number of carbonyl (C=O) groups is 1. The van der Waals surface area contributed by atoms with Crippen LogP contribution in [0.4, 0.5) is 0 Å². The van der Waals surface area contributed by atoms with E-state index in [1.807, 2.05) is 54.6 Å². The van der Waals surface area contributed by atoms with Gasteiger partial charge in [0.05, 0.1) is 18.0 Å². The number of hydrogen-bond donors (Lipinski definition) is 0. The molecule has 1 amide bonds. The van der Waals surface area contributed by atoms with Crippen molar-refractivity contribution in [2.45, 2.75) is 20.0 Å². The first-order chi connectivity index (χ1) is 13.7. The number of thiophene rings is 1. The van der Waals surface area contributed by atoms with Gasteiger partial charge in [0.15, 0.2) is 5.17 Å². The van der Waals surface area contributed by atoms with E-state index in [0.717, 1.165) is 26.1 Å². The fraction of sp³-hybridized carbons (Fsp3) is 0.130. The summed E-state index contributed by atoms with van der Waals surface area (Å²) in [7, 11) is 0. The van der Waals surface area contributed by atoms with Gasteiger partial charge in [-0.25, -0.2) is 0 Å². The minimum absolute atomic E-state index is 0.0217. The molecule has 0 radical (unpaired) electrons. The molecular weight excluding hydrogens is 384 g/mol. The number of aryl methyl sites for hydroxylation is 1. The minimum Gasteiger partial charge on any atom is -0.282 e. The maximum absolute atomic E-state index is 13.1. The summed E-state index contributed by atoms with van der Waals surface area (Å²) in [5.41, 5.74) is 3.42. The number of benzene rings is 2. The molecular formula is C23H20N2OS2. The molecule has 1 aromatic heterocycles. The molecule has 2 heterocycles. The van der Waals surface area contributed by atoms with Crippen LogP contribution in [0.25, 0.3) is 6.08 Å². The molecule has 3 aromatic rings. The number of hydrogen-bond acceptors (Lipinski definition) is 4. The van der Waals surface area contributed by atoms with Crippen molar-refractivity contribution in [2.24, 2.45) is 4.99 Å². The molecule has 4 rings (SSSR count). The van der Waals surface area contributed by atoms with Crippen LogP contribution in [0.1, 0.15) is 21.6 Å². The number of aliphatic imine (C=N–C) groups is 1. The Morgan fingerprint density at radius 2 is 1.64 bits per heavy atom. The summed E-state index contributed by atoms with van der Waals surface area (Å²) in [6.45, 7) is 3.16. The second-order valence-corrected chi connectivity index (χ2v) is 8.50. The van der Waals surface area contributed by atoms with E-state index in [9.17, 15) is 4.79 Å². The van der Waals surface area contributed by atoms with E-state index >= 15 is 0 Å². The van der Waals surface area contributed by atoms with Crippen molar-refractivity contribution in [3.63, 3.8) is 0 Å². The number of rotatable bonds is 5. The molecule has 0 saturated carbocycles. The lowest BCUT2D eigenvalue weighted by Gasteiger charge is -2.15. The molecule has 140 valence electrons. The molecule has 0 N–H and O–H groups in total. The van der Waals surface area contributed by atoms with E-state index in [1.165, 1.54) is 17.3 Å². The van der Waals surface area contributed by atoms with Crippen molar-refractivity contribution >= 4 is 40.2 Å². The average molecular weight is 405 g/mol. The average Bonchev–Trinajstić information content (AvgIpc) is 3.26. The predicted molar refractivity (Wildman–Crippen MR) is 119 cm³/mol. The Kier molecular flexibility index (Phi) is 5.74. The summed E-state index contributed by atoms with van der Waals surface area (Å²) in [4.78, 5) is 21.5. The van der Waals surface area contributed by atoms with E-state index in [1.54, 1.807) is 16.2 Å². The lowest BCUT2D eigenvalue weighted by atomic mass is 10.2. The Bertz CT molecular complexity index is 1020. The van der Waals surface area contributed by atoms with E-state index in [-0.39, 0.29) is 5.91 Å². The normalized spacial score (nSPS) is 17.0. The van der Waals surface area contributed by atoms with Gasteiger partial charge in [-0.05, 0) is 52.9 Å².